The molecule has 3 atom stereocenters. The highest BCUT2D eigenvalue weighted by molar-refractivity contribution is 5.19. The Balaban J connectivity index is 2.05. The van der Waals surface area contributed by atoms with Gasteiger partial charge in [0.25, 0.3) is 0 Å². The van der Waals surface area contributed by atoms with Gasteiger partial charge in [0.05, 0.1) is 6.10 Å². The Labute approximate surface area is 130 Å². The first-order valence-corrected chi connectivity index (χ1v) is 8.32. The van der Waals surface area contributed by atoms with Crippen molar-refractivity contribution < 1.29 is 4.74 Å². The maximum atomic E-state index is 5.57. The molecule has 2 nitrogen and oxygen atoms in total. The van der Waals surface area contributed by atoms with E-state index in [4.69, 9.17) is 4.74 Å². The fraction of sp³-hybridized carbons (Fsp3) is 0.684. The lowest BCUT2D eigenvalue weighted by Crippen LogP contribution is -2.40. The molecule has 0 saturated heterocycles. The van der Waals surface area contributed by atoms with Crippen molar-refractivity contribution in [1.29, 1.82) is 0 Å². The van der Waals surface area contributed by atoms with Crippen LogP contribution in [0, 0.1) is 5.41 Å². The van der Waals surface area contributed by atoms with Crippen LogP contribution in [0.25, 0.3) is 0 Å². The van der Waals surface area contributed by atoms with Crippen molar-refractivity contribution in [3.05, 3.63) is 35.9 Å². The minimum absolute atomic E-state index is 0.322. The SMILES string of the molecule is COC1CCCC(NC(CC(C)(C)C)c2ccccc2)C1. The molecule has 2 rings (SSSR count). The largest absolute Gasteiger partial charge is 0.381 e. The van der Waals surface area contributed by atoms with Gasteiger partial charge in [-0.15, -0.1) is 0 Å². The van der Waals surface area contributed by atoms with Crippen molar-refractivity contribution in [3.63, 3.8) is 0 Å². The molecule has 0 heterocycles. The maximum absolute atomic E-state index is 5.57. The second-order valence-electron chi connectivity index (χ2n) is 7.62. The molecule has 0 amide bonds. The van der Waals surface area contributed by atoms with E-state index in [-0.39, 0.29) is 0 Å². The number of methoxy groups -OCH3 is 1. The number of hydrogen-bond donors (Lipinski definition) is 1. The highest BCUT2D eigenvalue weighted by atomic mass is 16.5. The van der Waals surface area contributed by atoms with Crippen molar-refractivity contribution in [2.24, 2.45) is 5.41 Å². The normalized spacial score (nSPS) is 24.8. The van der Waals surface area contributed by atoms with Gasteiger partial charge >= 0.3 is 0 Å². The number of ether oxygens (including phenoxy) is 1. The van der Waals surface area contributed by atoms with Crippen LogP contribution in [0.15, 0.2) is 30.3 Å². The zero-order chi connectivity index (χ0) is 15.3. The average molecular weight is 289 g/mol. The van der Waals surface area contributed by atoms with E-state index in [1.165, 1.54) is 24.8 Å². The summed E-state index contributed by atoms with van der Waals surface area (Å²) in [4.78, 5) is 0. The summed E-state index contributed by atoms with van der Waals surface area (Å²) in [5, 5.41) is 3.91. The van der Waals surface area contributed by atoms with Crippen LogP contribution in [-0.4, -0.2) is 19.3 Å². The number of nitrogens with one attached hydrogen (secondary N) is 1. The van der Waals surface area contributed by atoms with Gasteiger partial charge in [-0.3, -0.25) is 0 Å². The quantitative estimate of drug-likeness (QED) is 0.847. The monoisotopic (exact) mass is 289 g/mol. The maximum Gasteiger partial charge on any atom is 0.0586 e. The van der Waals surface area contributed by atoms with Crippen LogP contribution in [-0.2, 0) is 4.74 Å². The Morgan fingerprint density at radius 3 is 2.52 bits per heavy atom. The lowest BCUT2D eigenvalue weighted by atomic mass is 9.84. The van der Waals surface area contributed by atoms with Gasteiger partial charge in [-0.25, -0.2) is 0 Å². The van der Waals surface area contributed by atoms with Gasteiger partial charge in [-0.2, -0.15) is 0 Å². The highest BCUT2D eigenvalue weighted by Crippen LogP contribution is 2.31. The van der Waals surface area contributed by atoms with Crippen LogP contribution in [0.4, 0.5) is 0 Å². The van der Waals surface area contributed by atoms with Gasteiger partial charge in [-0.05, 0) is 43.1 Å². The highest BCUT2D eigenvalue weighted by Gasteiger charge is 2.26. The molecule has 0 radical (unpaired) electrons. The molecule has 1 aromatic carbocycles. The van der Waals surface area contributed by atoms with Crippen LogP contribution in [0.3, 0.4) is 0 Å². The molecule has 2 heteroatoms. The Morgan fingerprint density at radius 2 is 1.90 bits per heavy atom. The van der Waals surface area contributed by atoms with E-state index in [0.717, 1.165) is 12.8 Å². The Bertz CT molecular complexity index is 409. The van der Waals surface area contributed by atoms with Crippen molar-refractivity contribution >= 4 is 0 Å². The van der Waals surface area contributed by atoms with Crippen LogP contribution >= 0.6 is 0 Å². The third-order valence-electron chi connectivity index (χ3n) is 4.41. The predicted octanol–water partition coefficient (Wildman–Crippen LogP) is 4.71. The topological polar surface area (TPSA) is 21.3 Å². The van der Waals surface area contributed by atoms with E-state index in [1.54, 1.807) is 0 Å². The Morgan fingerprint density at radius 1 is 1.19 bits per heavy atom. The van der Waals surface area contributed by atoms with Crippen LogP contribution in [0.1, 0.15) is 64.5 Å². The van der Waals surface area contributed by atoms with Crippen molar-refractivity contribution in [2.45, 2.75) is 71.1 Å². The van der Waals surface area contributed by atoms with Gasteiger partial charge in [0.1, 0.15) is 0 Å². The van der Waals surface area contributed by atoms with Crippen molar-refractivity contribution in [3.8, 4) is 0 Å². The molecule has 1 aliphatic rings. The number of benzene rings is 1. The summed E-state index contributed by atoms with van der Waals surface area (Å²) in [6, 6.07) is 11.9. The summed E-state index contributed by atoms with van der Waals surface area (Å²) in [5.74, 6) is 0. The summed E-state index contributed by atoms with van der Waals surface area (Å²) in [5.41, 5.74) is 1.73. The first kappa shape index (κ1) is 16.5. The smallest absolute Gasteiger partial charge is 0.0586 e. The molecule has 0 aromatic heterocycles. The molecule has 1 saturated carbocycles. The molecule has 0 aliphatic heterocycles. The third-order valence-corrected chi connectivity index (χ3v) is 4.41. The van der Waals surface area contributed by atoms with E-state index in [1.807, 2.05) is 7.11 Å². The van der Waals surface area contributed by atoms with E-state index in [0.29, 0.717) is 23.6 Å². The number of hydrogen-bond acceptors (Lipinski definition) is 2. The standard InChI is InChI=1S/C19H31NO/c1-19(2,3)14-18(15-9-6-5-7-10-15)20-16-11-8-12-17(13-16)21-4/h5-7,9-10,16-18,20H,8,11-14H2,1-4H3. The molecule has 1 fully saturated rings. The molecule has 1 N–H and O–H groups in total. The zero-order valence-corrected chi connectivity index (χ0v) is 14.1. The first-order chi connectivity index (χ1) is 9.98. The summed E-state index contributed by atoms with van der Waals surface area (Å²) in [6.45, 7) is 6.97. The third kappa shape index (κ3) is 5.44. The Hall–Kier alpha value is -0.860. The van der Waals surface area contributed by atoms with Gasteiger partial charge in [0.2, 0.25) is 0 Å². The van der Waals surface area contributed by atoms with Gasteiger partial charge < -0.3 is 10.1 Å². The lowest BCUT2D eigenvalue weighted by molar-refractivity contribution is 0.0557. The van der Waals surface area contributed by atoms with Crippen LogP contribution in [0.5, 0.6) is 0 Å². The number of rotatable bonds is 5. The predicted molar refractivity (Wildman–Crippen MR) is 89.4 cm³/mol. The fourth-order valence-corrected chi connectivity index (χ4v) is 3.37. The first-order valence-electron chi connectivity index (χ1n) is 8.32. The molecular formula is C19H31NO. The zero-order valence-electron chi connectivity index (χ0n) is 14.1. The van der Waals surface area contributed by atoms with E-state index >= 15 is 0 Å². The van der Waals surface area contributed by atoms with Gasteiger partial charge in [0, 0.05) is 19.2 Å². The van der Waals surface area contributed by atoms with E-state index < -0.39 is 0 Å². The second kappa shape index (κ2) is 7.42. The van der Waals surface area contributed by atoms with Crippen LogP contribution in [0.2, 0.25) is 0 Å². The summed E-state index contributed by atoms with van der Waals surface area (Å²) in [6.07, 6.45) is 6.49. The fourth-order valence-electron chi connectivity index (χ4n) is 3.37. The van der Waals surface area contributed by atoms with E-state index in [2.05, 4.69) is 56.4 Å². The second-order valence-corrected chi connectivity index (χ2v) is 7.62. The minimum atomic E-state index is 0.322. The molecule has 3 unspecified atom stereocenters. The lowest BCUT2D eigenvalue weighted by Gasteiger charge is -2.35. The molecule has 1 aliphatic carbocycles. The molecule has 0 spiro atoms. The molecule has 1 aromatic rings. The van der Waals surface area contributed by atoms with Crippen molar-refractivity contribution in [2.75, 3.05) is 7.11 Å². The molecule has 118 valence electrons. The molecule has 21 heavy (non-hydrogen) atoms. The summed E-state index contributed by atoms with van der Waals surface area (Å²) in [7, 11) is 1.84. The summed E-state index contributed by atoms with van der Waals surface area (Å²) >= 11 is 0. The molecular weight excluding hydrogens is 258 g/mol. The van der Waals surface area contributed by atoms with Gasteiger partial charge in [0.15, 0.2) is 0 Å². The van der Waals surface area contributed by atoms with E-state index in [9.17, 15) is 0 Å². The Kier molecular flexibility index (Phi) is 5.83. The van der Waals surface area contributed by atoms with Gasteiger partial charge in [-0.1, -0.05) is 51.1 Å². The average Bonchev–Trinajstić information content (AvgIpc) is 2.46. The van der Waals surface area contributed by atoms with Crippen molar-refractivity contribution in [1.82, 2.24) is 5.32 Å². The molecule has 0 bridgehead atoms. The summed E-state index contributed by atoms with van der Waals surface area (Å²) < 4.78 is 5.57. The minimum Gasteiger partial charge on any atom is -0.381 e. The van der Waals surface area contributed by atoms with Crippen LogP contribution < -0.4 is 5.32 Å².